The standard InChI is InChI=1S/C52H74N14O24/c1-5-6-11-27-46(83)63-29(16-39(76)77)47(84)58-22(3)43(80)61-28(15-38(74)75)45(82)56-18-36(71)60-32(20-67)49(86)65-41(21(2)12-37(72)73)51(88)64-31(14-33(68)24-9-7-8-10-25(24)53)52(89)90-23(4)42(50(87)57-19-35(70)59-27)66-48(85)30(17-40(78)79)62-44(81)26(54)13-34(55)69/h7-10,21-23,26-32,41-42,67H,5-6,11-20,53-54H2,1-4H3,(H2,55,69)(H,56,82)(H,57,87)(H,58,84)(H,59,70)(H,60,71)(H,61,80)(H,62,81)(H,63,83)(H,64,88)(H,65,86)(H,66,85)(H,72,73)(H,74,75)(H,76,77)(H,78,79). The van der Waals surface area contributed by atoms with Crippen molar-refractivity contribution in [1.82, 2.24) is 58.5 Å². The van der Waals surface area contributed by atoms with Gasteiger partial charge in [-0.15, -0.1) is 0 Å². The number of aliphatic hydroxyl groups is 1. The number of nitrogens with two attached hydrogens (primary N) is 3. The third-order valence-electron chi connectivity index (χ3n) is 13.0. The fraction of sp³-hybridized carbons (Fsp3) is 0.538. The summed E-state index contributed by atoms with van der Waals surface area (Å²) in [6.07, 6.45) is -8.22. The van der Waals surface area contributed by atoms with Gasteiger partial charge in [-0.25, -0.2) is 4.79 Å². The van der Waals surface area contributed by atoms with Crippen LogP contribution in [0.25, 0.3) is 0 Å². The number of unbranched alkanes of at least 4 members (excludes halogenated alkanes) is 1. The summed E-state index contributed by atoms with van der Waals surface area (Å²) in [7, 11) is 0. The molecule has 38 heteroatoms. The topological polar surface area (TPSA) is 628 Å². The van der Waals surface area contributed by atoms with Crippen LogP contribution in [-0.4, -0.2) is 218 Å². The van der Waals surface area contributed by atoms with Crippen molar-refractivity contribution in [3.05, 3.63) is 29.8 Å². The predicted molar refractivity (Wildman–Crippen MR) is 301 cm³/mol. The first-order valence-electron chi connectivity index (χ1n) is 27.5. The summed E-state index contributed by atoms with van der Waals surface area (Å²) in [6, 6.07) is -14.8. The van der Waals surface area contributed by atoms with Crippen LogP contribution in [0.3, 0.4) is 0 Å². The minimum Gasteiger partial charge on any atom is -0.481 e. The van der Waals surface area contributed by atoms with Crippen LogP contribution in [0.1, 0.15) is 95.8 Å². The molecule has 1 aliphatic heterocycles. The summed E-state index contributed by atoms with van der Waals surface area (Å²) < 4.78 is 5.55. The summed E-state index contributed by atoms with van der Waals surface area (Å²) in [6.45, 7) is 1.10. The highest BCUT2D eigenvalue weighted by molar-refractivity contribution is 6.05. The molecule has 0 radical (unpaired) electrons. The Labute approximate surface area is 510 Å². The van der Waals surface area contributed by atoms with E-state index in [9.17, 15) is 112 Å². The van der Waals surface area contributed by atoms with Gasteiger partial charge < -0.3 is 106 Å². The van der Waals surface area contributed by atoms with Crippen molar-refractivity contribution in [3.63, 3.8) is 0 Å². The summed E-state index contributed by atoms with van der Waals surface area (Å²) in [4.78, 5) is 237. The Bertz CT molecular complexity index is 2910. The van der Waals surface area contributed by atoms with Gasteiger partial charge in [-0.05, 0) is 38.3 Å². The second kappa shape index (κ2) is 36.7. The van der Waals surface area contributed by atoms with Gasteiger partial charge in [0.05, 0.1) is 57.8 Å². The van der Waals surface area contributed by atoms with Gasteiger partial charge in [0, 0.05) is 17.7 Å². The maximum atomic E-state index is 14.5. The van der Waals surface area contributed by atoms with Gasteiger partial charge in [0.15, 0.2) is 5.78 Å². The fourth-order valence-corrected chi connectivity index (χ4v) is 8.22. The molecule has 22 N–H and O–H groups in total. The molecule has 12 atom stereocenters. The van der Waals surface area contributed by atoms with Gasteiger partial charge in [0.25, 0.3) is 0 Å². The molecule has 1 aromatic rings. The smallest absolute Gasteiger partial charge is 0.329 e. The highest BCUT2D eigenvalue weighted by Gasteiger charge is 2.40. The second-order valence-corrected chi connectivity index (χ2v) is 20.5. The molecule has 90 heavy (non-hydrogen) atoms. The van der Waals surface area contributed by atoms with E-state index in [1.54, 1.807) is 6.92 Å². The molecule has 2 rings (SSSR count). The van der Waals surface area contributed by atoms with Crippen LogP contribution in [-0.2, 0) is 86.2 Å². The molecule has 12 amide bonds. The number of aliphatic hydroxyl groups excluding tert-OH is 1. The number of ether oxygens (including phenoxy) is 1. The number of carboxylic acids is 4. The summed E-state index contributed by atoms with van der Waals surface area (Å²) in [5, 5.41) is 71.8. The summed E-state index contributed by atoms with van der Waals surface area (Å²) >= 11 is 0. The first kappa shape index (κ1) is 75.7. The van der Waals surface area contributed by atoms with Gasteiger partial charge >= 0.3 is 29.8 Å². The van der Waals surface area contributed by atoms with E-state index in [0.29, 0.717) is 6.42 Å². The quantitative estimate of drug-likeness (QED) is 0.0291. The Balaban J connectivity index is 2.93. The Morgan fingerprint density at radius 1 is 0.611 bits per heavy atom. The number of carbonyl (C=O) groups excluding carboxylic acids is 14. The van der Waals surface area contributed by atoms with E-state index in [0.717, 1.165) is 20.8 Å². The number of hydrogen-bond acceptors (Lipinski definition) is 22. The molecule has 0 aliphatic carbocycles. The van der Waals surface area contributed by atoms with Crippen LogP contribution < -0.4 is 75.7 Å². The SMILES string of the molecule is CCCCC1NC(=O)CNC(=O)C(NC(=O)C(CC(=O)O)NC(=O)C(N)CC(N)=O)C(C)OC(=O)C(CC(=O)c2ccccc2N)NC(=O)C(C(C)CC(=O)O)NC(=O)C(CO)NC(=O)CNC(=O)C(CC(=O)O)NC(=O)C(C)NC(=O)C(CC(=O)O)NC1=O. The van der Waals surface area contributed by atoms with Crippen molar-refractivity contribution in [2.24, 2.45) is 17.4 Å². The Morgan fingerprint density at radius 2 is 1.13 bits per heavy atom. The van der Waals surface area contributed by atoms with Crippen LogP contribution in [0.5, 0.6) is 0 Å². The minimum absolute atomic E-state index is 0.161. The van der Waals surface area contributed by atoms with E-state index in [2.05, 4.69) is 37.2 Å². The molecule has 1 heterocycles. The molecular formula is C52H74N14O24. The first-order valence-corrected chi connectivity index (χ1v) is 27.5. The van der Waals surface area contributed by atoms with Crippen molar-refractivity contribution in [1.29, 1.82) is 0 Å². The number of amides is 12. The van der Waals surface area contributed by atoms with Crippen molar-refractivity contribution in [2.75, 3.05) is 25.4 Å². The first-order chi connectivity index (χ1) is 42.1. The average Bonchev–Trinajstić information content (AvgIpc) is 1.15. The number of nitrogens with one attached hydrogen (secondary N) is 11. The van der Waals surface area contributed by atoms with Gasteiger partial charge in [0.2, 0.25) is 70.9 Å². The third-order valence-corrected chi connectivity index (χ3v) is 13.0. The van der Waals surface area contributed by atoms with E-state index in [-0.39, 0.29) is 24.1 Å². The number of hydrogen-bond donors (Lipinski definition) is 19. The molecule has 38 nitrogen and oxygen atoms in total. The number of Topliss-reactive ketones (excluding diaryl/α,β-unsaturated/α-hetero) is 1. The highest BCUT2D eigenvalue weighted by atomic mass is 16.5. The zero-order chi connectivity index (χ0) is 68.3. The third kappa shape index (κ3) is 25.9. The predicted octanol–water partition coefficient (Wildman–Crippen LogP) is -8.68. The summed E-state index contributed by atoms with van der Waals surface area (Å²) in [5.41, 5.74) is 16.4. The minimum atomic E-state index is -2.31. The molecule has 1 saturated heterocycles. The number of benzene rings is 1. The Hall–Kier alpha value is -10.4. The van der Waals surface area contributed by atoms with Crippen LogP contribution >= 0.6 is 0 Å². The molecule has 1 aliphatic rings. The molecule has 0 saturated carbocycles. The number of cyclic esters (lactones) is 1. The number of aliphatic carboxylic acids is 4. The molecule has 12 unspecified atom stereocenters. The number of primary amides is 1. The normalized spacial score (nSPS) is 23.5. The Morgan fingerprint density at radius 3 is 1.68 bits per heavy atom. The van der Waals surface area contributed by atoms with Gasteiger partial charge in [0.1, 0.15) is 60.5 Å². The number of esters is 1. The maximum Gasteiger partial charge on any atom is 0.329 e. The lowest BCUT2D eigenvalue weighted by Gasteiger charge is -2.30. The van der Waals surface area contributed by atoms with Gasteiger partial charge in [-0.3, -0.25) is 81.5 Å². The van der Waals surface area contributed by atoms with Crippen LogP contribution in [0, 0.1) is 5.92 Å². The number of carboxylic acid groups (broad SMARTS) is 4. The van der Waals surface area contributed by atoms with E-state index in [1.165, 1.54) is 24.3 Å². The van der Waals surface area contributed by atoms with E-state index in [1.807, 2.05) is 21.3 Å². The molecule has 0 aromatic heterocycles. The number of ketones is 1. The number of nitrogen functional groups attached to an aromatic ring is 1. The molecule has 1 fully saturated rings. The average molecular weight is 1280 g/mol. The fourth-order valence-electron chi connectivity index (χ4n) is 8.22. The highest BCUT2D eigenvalue weighted by Crippen LogP contribution is 2.17. The lowest BCUT2D eigenvalue weighted by molar-refractivity contribution is -0.156. The number of rotatable bonds is 22. The summed E-state index contributed by atoms with van der Waals surface area (Å²) in [5.74, 6) is -26.9. The van der Waals surface area contributed by atoms with Crippen LogP contribution in [0.4, 0.5) is 5.69 Å². The molecule has 0 spiro atoms. The van der Waals surface area contributed by atoms with Crippen LogP contribution in [0.15, 0.2) is 24.3 Å². The van der Waals surface area contributed by atoms with Crippen molar-refractivity contribution < 1.29 is 117 Å². The van der Waals surface area contributed by atoms with Crippen molar-refractivity contribution >= 4 is 112 Å². The number of para-hydroxylation sites is 1. The second-order valence-electron chi connectivity index (χ2n) is 20.5. The lowest BCUT2D eigenvalue weighted by Crippen LogP contribution is -2.61. The van der Waals surface area contributed by atoms with E-state index >= 15 is 0 Å². The molecule has 0 bridgehead atoms. The monoisotopic (exact) mass is 1280 g/mol. The zero-order valence-electron chi connectivity index (χ0n) is 48.9. The Kier molecular flexibility index (Phi) is 30.8. The van der Waals surface area contributed by atoms with Gasteiger partial charge in [-0.1, -0.05) is 38.8 Å². The lowest BCUT2D eigenvalue weighted by atomic mass is 9.96. The van der Waals surface area contributed by atoms with Crippen LogP contribution in [0.2, 0.25) is 0 Å². The van der Waals surface area contributed by atoms with E-state index in [4.69, 9.17) is 21.9 Å². The molecule has 1 aromatic carbocycles. The molecule has 496 valence electrons. The number of anilines is 1. The van der Waals surface area contributed by atoms with Gasteiger partial charge in [-0.2, -0.15) is 0 Å². The maximum absolute atomic E-state index is 14.5. The zero-order valence-corrected chi connectivity index (χ0v) is 48.9. The van der Waals surface area contributed by atoms with Crippen molar-refractivity contribution in [3.8, 4) is 0 Å². The number of carbonyl (C=O) groups is 18. The molecular weight excluding hydrogens is 1200 g/mol. The van der Waals surface area contributed by atoms with E-state index < -0.39 is 237 Å². The largest absolute Gasteiger partial charge is 0.481 e. The van der Waals surface area contributed by atoms with Crippen molar-refractivity contribution in [2.45, 2.75) is 152 Å².